The lowest BCUT2D eigenvalue weighted by molar-refractivity contribution is 0.100. The normalized spacial score (nSPS) is 10.3. The molecule has 0 spiro atoms. The minimum atomic E-state index is -0.573. The fourth-order valence-corrected chi connectivity index (χ4v) is 1.83. The molecule has 0 aliphatic carbocycles. The number of primary amides is 1. The van der Waals surface area contributed by atoms with Gasteiger partial charge in [0.2, 0.25) is 5.91 Å². The average molecular weight is 263 g/mol. The SMILES string of the molecule is N#Cc1nc2nc3cc(C(N)=O)ccn3c2nc1C#N. The lowest BCUT2D eigenvalue weighted by Gasteiger charge is -1.97. The maximum absolute atomic E-state index is 11.1. The fraction of sp³-hybridized carbons (Fsp3) is 0. The van der Waals surface area contributed by atoms with Crippen molar-refractivity contribution in [2.75, 3.05) is 0 Å². The first-order valence-corrected chi connectivity index (χ1v) is 5.44. The summed E-state index contributed by atoms with van der Waals surface area (Å²) in [4.78, 5) is 23.3. The average Bonchev–Trinajstić information content (AvgIpc) is 2.81. The Labute approximate surface area is 111 Å². The number of nitrogens with zero attached hydrogens (tertiary/aromatic N) is 6. The van der Waals surface area contributed by atoms with E-state index >= 15 is 0 Å². The largest absolute Gasteiger partial charge is 0.366 e. The van der Waals surface area contributed by atoms with Crippen LogP contribution in [0.1, 0.15) is 21.7 Å². The van der Waals surface area contributed by atoms with Crippen molar-refractivity contribution in [3.05, 3.63) is 35.3 Å². The van der Waals surface area contributed by atoms with E-state index in [-0.39, 0.29) is 17.0 Å². The van der Waals surface area contributed by atoms with Gasteiger partial charge >= 0.3 is 0 Å². The van der Waals surface area contributed by atoms with E-state index in [2.05, 4.69) is 15.0 Å². The molecule has 8 nitrogen and oxygen atoms in total. The predicted molar refractivity (Wildman–Crippen MR) is 66.2 cm³/mol. The Bertz CT molecular complexity index is 958. The maximum Gasteiger partial charge on any atom is 0.248 e. The van der Waals surface area contributed by atoms with E-state index in [1.54, 1.807) is 16.7 Å². The van der Waals surface area contributed by atoms with Crippen molar-refractivity contribution in [3.8, 4) is 12.1 Å². The van der Waals surface area contributed by atoms with E-state index < -0.39 is 5.91 Å². The van der Waals surface area contributed by atoms with Crippen LogP contribution in [0.5, 0.6) is 0 Å². The fourth-order valence-electron chi connectivity index (χ4n) is 1.83. The van der Waals surface area contributed by atoms with Gasteiger partial charge in [0.15, 0.2) is 22.7 Å². The molecule has 3 rings (SSSR count). The summed E-state index contributed by atoms with van der Waals surface area (Å²) in [5.74, 6) is -0.573. The van der Waals surface area contributed by atoms with Crippen LogP contribution in [0.15, 0.2) is 18.3 Å². The Morgan fingerprint density at radius 2 is 1.90 bits per heavy atom. The van der Waals surface area contributed by atoms with E-state index in [1.165, 1.54) is 12.1 Å². The molecule has 0 bridgehead atoms. The van der Waals surface area contributed by atoms with E-state index in [9.17, 15) is 4.79 Å². The molecule has 3 aromatic heterocycles. The van der Waals surface area contributed by atoms with Crippen LogP contribution in [0.4, 0.5) is 0 Å². The van der Waals surface area contributed by atoms with Crippen molar-refractivity contribution >= 4 is 22.8 Å². The molecule has 0 aromatic carbocycles. The molecule has 1 amide bonds. The molecule has 0 saturated carbocycles. The van der Waals surface area contributed by atoms with Crippen LogP contribution in [0.25, 0.3) is 16.9 Å². The van der Waals surface area contributed by atoms with Gasteiger partial charge in [-0.2, -0.15) is 10.5 Å². The maximum atomic E-state index is 11.1. The van der Waals surface area contributed by atoms with Gasteiger partial charge in [-0.15, -0.1) is 0 Å². The van der Waals surface area contributed by atoms with Gasteiger partial charge in [-0.1, -0.05) is 0 Å². The molecule has 8 heteroatoms. The molecule has 0 radical (unpaired) electrons. The Kier molecular flexibility index (Phi) is 2.31. The molecule has 94 valence electrons. The minimum absolute atomic E-state index is 0.0687. The molecule has 3 heterocycles. The summed E-state index contributed by atoms with van der Waals surface area (Å²) in [7, 11) is 0. The Hall–Kier alpha value is -3.52. The number of carbonyl (C=O) groups excluding carboxylic acids is 1. The van der Waals surface area contributed by atoms with Crippen LogP contribution >= 0.6 is 0 Å². The standard InChI is InChI=1S/C12H5N7O/c13-4-7-8(5-14)17-12-11(16-7)18-9-3-6(10(15)20)1-2-19(9)12/h1-3H,(H2,15,20). The van der Waals surface area contributed by atoms with E-state index in [0.29, 0.717) is 16.9 Å². The Morgan fingerprint density at radius 1 is 1.20 bits per heavy atom. The van der Waals surface area contributed by atoms with Crippen molar-refractivity contribution in [3.63, 3.8) is 0 Å². The molecular formula is C12H5N7O. The van der Waals surface area contributed by atoms with Gasteiger partial charge in [-0.25, -0.2) is 15.0 Å². The number of nitrogens with two attached hydrogens (primary N) is 1. The van der Waals surface area contributed by atoms with Crippen LogP contribution in [0.3, 0.4) is 0 Å². The quantitative estimate of drug-likeness (QED) is 0.662. The zero-order valence-corrected chi connectivity index (χ0v) is 9.90. The van der Waals surface area contributed by atoms with Crippen LogP contribution in [0.2, 0.25) is 0 Å². The highest BCUT2D eigenvalue weighted by atomic mass is 16.1. The molecular weight excluding hydrogens is 258 g/mol. The van der Waals surface area contributed by atoms with Gasteiger partial charge in [0.05, 0.1) is 0 Å². The van der Waals surface area contributed by atoms with Gasteiger partial charge in [-0.3, -0.25) is 9.20 Å². The second-order valence-corrected chi connectivity index (χ2v) is 3.91. The monoisotopic (exact) mass is 263 g/mol. The highest BCUT2D eigenvalue weighted by Gasteiger charge is 2.14. The number of amides is 1. The van der Waals surface area contributed by atoms with E-state index in [1.807, 2.05) is 6.07 Å². The first-order valence-electron chi connectivity index (χ1n) is 5.44. The molecule has 0 saturated heterocycles. The molecule has 0 aliphatic rings. The number of pyridine rings is 1. The van der Waals surface area contributed by atoms with Crippen LogP contribution in [-0.2, 0) is 0 Å². The van der Waals surface area contributed by atoms with Crippen LogP contribution < -0.4 is 5.73 Å². The van der Waals surface area contributed by atoms with E-state index in [4.69, 9.17) is 16.3 Å². The number of aromatic nitrogens is 4. The lowest BCUT2D eigenvalue weighted by Crippen LogP contribution is -2.11. The molecule has 0 atom stereocenters. The number of fused-ring (bicyclic) bond motifs is 3. The second kappa shape index (κ2) is 4.00. The Morgan fingerprint density at radius 3 is 2.55 bits per heavy atom. The molecule has 0 fully saturated rings. The highest BCUT2D eigenvalue weighted by Crippen LogP contribution is 2.16. The first-order chi connectivity index (χ1) is 9.63. The molecule has 0 unspecified atom stereocenters. The van der Waals surface area contributed by atoms with Gasteiger partial charge in [-0.05, 0) is 12.1 Å². The third kappa shape index (κ3) is 1.53. The van der Waals surface area contributed by atoms with Crippen molar-refractivity contribution in [2.24, 2.45) is 5.73 Å². The second-order valence-electron chi connectivity index (χ2n) is 3.91. The highest BCUT2D eigenvalue weighted by molar-refractivity contribution is 5.94. The zero-order chi connectivity index (χ0) is 14.3. The van der Waals surface area contributed by atoms with Crippen molar-refractivity contribution in [1.29, 1.82) is 10.5 Å². The minimum Gasteiger partial charge on any atom is -0.366 e. The summed E-state index contributed by atoms with van der Waals surface area (Å²) in [6.07, 6.45) is 1.56. The van der Waals surface area contributed by atoms with Crippen LogP contribution in [-0.4, -0.2) is 25.3 Å². The lowest BCUT2D eigenvalue weighted by atomic mass is 10.2. The summed E-state index contributed by atoms with van der Waals surface area (Å²) < 4.78 is 1.57. The van der Waals surface area contributed by atoms with E-state index in [0.717, 1.165) is 0 Å². The summed E-state index contributed by atoms with van der Waals surface area (Å²) in [6.45, 7) is 0. The predicted octanol–water partition coefficient (Wildman–Crippen LogP) is 0.120. The number of nitriles is 2. The summed E-state index contributed by atoms with van der Waals surface area (Å²) >= 11 is 0. The number of imidazole rings is 1. The van der Waals surface area contributed by atoms with Gasteiger partial charge < -0.3 is 5.73 Å². The number of carbonyl (C=O) groups is 1. The number of hydrogen-bond acceptors (Lipinski definition) is 6. The topological polar surface area (TPSA) is 134 Å². The third-order valence-electron chi connectivity index (χ3n) is 2.74. The summed E-state index contributed by atoms with van der Waals surface area (Å²) in [5.41, 5.74) is 6.32. The summed E-state index contributed by atoms with van der Waals surface area (Å²) in [5, 5.41) is 17.8. The van der Waals surface area contributed by atoms with Crippen molar-refractivity contribution < 1.29 is 4.79 Å². The van der Waals surface area contributed by atoms with Gasteiger partial charge in [0.1, 0.15) is 17.8 Å². The van der Waals surface area contributed by atoms with Gasteiger partial charge in [0, 0.05) is 11.8 Å². The molecule has 3 aromatic rings. The van der Waals surface area contributed by atoms with Gasteiger partial charge in [0.25, 0.3) is 0 Å². The molecule has 2 N–H and O–H groups in total. The zero-order valence-electron chi connectivity index (χ0n) is 9.90. The Balaban J connectivity index is 2.40. The number of hydrogen-bond donors (Lipinski definition) is 1. The molecule has 20 heavy (non-hydrogen) atoms. The third-order valence-corrected chi connectivity index (χ3v) is 2.74. The summed E-state index contributed by atoms with van der Waals surface area (Å²) in [6, 6.07) is 6.61. The van der Waals surface area contributed by atoms with Crippen molar-refractivity contribution in [1.82, 2.24) is 19.4 Å². The number of rotatable bonds is 1. The smallest absolute Gasteiger partial charge is 0.248 e. The van der Waals surface area contributed by atoms with Crippen LogP contribution in [0, 0.1) is 22.7 Å². The molecule has 0 aliphatic heterocycles. The van der Waals surface area contributed by atoms with Crippen molar-refractivity contribution in [2.45, 2.75) is 0 Å². The first kappa shape index (κ1) is 11.6.